The van der Waals surface area contributed by atoms with Gasteiger partial charge in [0.25, 0.3) is 5.91 Å². The first-order valence-corrected chi connectivity index (χ1v) is 9.51. The number of nitrogens with one attached hydrogen (secondary N) is 1. The van der Waals surface area contributed by atoms with Gasteiger partial charge in [-0.2, -0.15) is 18.3 Å². The van der Waals surface area contributed by atoms with Gasteiger partial charge in [-0.15, -0.1) is 0 Å². The molecule has 0 aromatic carbocycles. The number of anilines is 1. The molecular weight excluding hydrogens is 373 g/mol. The van der Waals surface area contributed by atoms with Crippen LogP contribution in [-0.2, 0) is 0 Å². The summed E-state index contributed by atoms with van der Waals surface area (Å²) < 4.78 is 47.3. The zero-order chi connectivity index (χ0) is 20.1. The number of hydrogen-bond donors (Lipinski definition) is 1. The van der Waals surface area contributed by atoms with Crippen LogP contribution in [0.15, 0.2) is 28.9 Å². The second-order valence-corrected chi connectivity index (χ2v) is 7.84. The lowest BCUT2D eigenvalue weighted by Crippen LogP contribution is -2.44. The lowest BCUT2D eigenvalue weighted by atomic mass is 9.93. The molecule has 0 aliphatic carbocycles. The first-order chi connectivity index (χ1) is 13.2. The minimum atomic E-state index is -4.48. The molecular formula is C19H23F3N4O2. The highest BCUT2D eigenvalue weighted by molar-refractivity contribution is 5.93. The van der Waals surface area contributed by atoms with Gasteiger partial charge in [0.15, 0.2) is 11.7 Å². The first kappa shape index (κ1) is 18.9. The van der Waals surface area contributed by atoms with E-state index in [9.17, 15) is 18.0 Å². The summed E-state index contributed by atoms with van der Waals surface area (Å²) in [6.07, 6.45) is -1.55. The molecule has 0 spiro atoms. The molecule has 2 aliphatic rings. The Kier molecular flexibility index (Phi) is 4.63. The molecule has 4 atom stereocenters. The number of fused-ring (bicyclic) bond motifs is 1. The Morgan fingerprint density at radius 2 is 2.11 bits per heavy atom. The molecule has 0 bridgehead atoms. The summed E-state index contributed by atoms with van der Waals surface area (Å²) in [6, 6.07) is 2.28. The number of aromatic nitrogens is 2. The minimum Gasteiger partial charge on any atom is -0.467 e. The largest absolute Gasteiger partial charge is 0.467 e. The summed E-state index contributed by atoms with van der Waals surface area (Å²) in [5.74, 6) is 0.808. The van der Waals surface area contributed by atoms with Gasteiger partial charge in [-0.3, -0.25) is 4.79 Å². The second-order valence-electron chi connectivity index (χ2n) is 7.84. The Balaban J connectivity index is 1.64. The molecule has 0 unspecified atom stereocenters. The SMILES string of the molecule is C[C@@H]1CCN(C(=O)c2cc3n(n2)[C@H](C(F)(F)F)C[C@@H](c2ccco2)N3)[C@@H](C)C1. The van der Waals surface area contributed by atoms with Crippen molar-refractivity contribution in [3.05, 3.63) is 35.9 Å². The second kappa shape index (κ2) is 6.86. The molecule has 1 saturated heterocycles. The summed E-state index contributed by atoms with van der Waals surface area (Å²) in [4.78, 5) is 14.6. The predicted octanol–water partition coefficient (Wildman–Crippen LogP) is 4.40. The van der Waals surface area contributed by atoms with Crippen LogP contribution in [0.4, 0.5) is 19.0 Å². The number of carbonyl (C=O) groups is 1. The maximum absolute atomic E-state index is 13.7. The van der Waals surface area contributed by atoms with Crippen molar-refractivity contribution in [2.75, 3.05) is 11.9 Å². The number of hydrogen-bond acceptors (Lipinski definition) is 4. The standard InChI is InChI=1S/C19H23F3N4O2/c1-11-5-6-25(12(2)8-11)18(27)14-10-17-23-13(15-4-3-7-28-15)9-16(19(20,21)22)26(17)24-14/h3-4,7,10-13,16,23H,5-6,8-9H2,1-2H3/t11-,12+,13+,16+/m1/s1. The Labute approximate surface area is 160 Å². The molecule has 152 valence electrons. The number of nitrogens with zero attached hydrogens (tertiary/aromatic N) is 3. The number of furan rings is 1. The van der Waals surface area contributed by atoms with Gasteiger partial charge in [0.05, 0.1) is 12.3 Å². The molecule has 4 rings (SSSR count). The van der Waals surface area contributed by atoms with E-state index in [1.807, 2.05) is 6.92 Å². The summed E-state index contributed by atoms with van der Waals surface area (Å²) in [5.41, 5.74) is 0.0400. The lowest BCUT2D eigenvalue weighted by Gasteiger charge is -2.36. The van der Waals surface area contributed by atoms with Gasteiger partial charge in [0.2, 0.25) is 0 Å². The molecule has 2 aromatic heterocycles. The Hall–Kier alpha value is -2.45. The smallest absolute Gasteiger partial charge is 0.410 e. The van der Waals surface area contributed by atoms with E-state index in [1.165, 1.54) is 12.3 Å². The van der Waals surface area contributed by atoms with Crippen molar-refractivity contribution in [2.24, 2.45) is 5.92 Å². The van der Waals surface area contributed by atoms with E-state index in [1.54, 1.807) is 17.0 Å². The van der Waals surface area contributed by atoms with E-state index in [0.29, 0.717) is 18.2 Å². The van der Waals surface area contributed by atoms with Gasteiger partial charge in [-0.25, -0.2) is 4.68 Å². The average Bonchev–Trinajstić information content (AvgIpc) is 3.29. The molecule has 9 heteroatoms. The Morgan fingerprint density at radius 1 is 1.32 bits per heavy atom. The molecule has 28 heavy (non-hydrogen) atoms. The molecule has 1 N–H and O–H groups in total. The summed E-state index contributed by atoms with van der Waals surface area (Å²) in [6.45, 7) is 4.70. The van der Waals surface area contributed by atoms with Crippen LogP contribution in [0, 0.1) is 5.92 Å². The zero-order valence-electron chi connectivity index (χ0n) is 15.7. The molecule has 4 heterocycles. The van der Waals surface area contributed by atoms with Crippen molar-refractivity contribution in [3.63, 3.8) is 0 Å². The van der Waals surface area contributed by atoms with E-state index in [0.717, 1.165) is 17.5 Å². The number of piperidine rings is 1. The zero-order valence-corrected chi connectivity index (χ0v) is 15.7. The van der Waals surface area contributed by atoms with E-state index in [4.69, 9.17) is 4.42 Å². The van der Waals surface area contributed by atoms with E-state index >= 15 is 0 Å². The van der Waals surface area contributed by atoms with Gasteiger partial charge < -0.3 is 14.6 Å². The van der Waals surface area contributed by atoms with Crippen molar-refractivity contribution >= 4 is 11.7 Å². The normalized spacial score (nSPS) is 28.0. The van der Waals surface area contributed by atoms with Crippen LogP contribution >= 0.6 is 0 Å². The fraction of sp³-hybridized carbons (Fsp3) is 0.579. The van der Waals surface area contributed by atoms with Crippen molar-refractivity contribution in [1.29, 1.82) is 0 Å². The van der Waals surface area contributed by atoms with E-state index in [2.05, 4.69) is 17.3 Å². The molecule has 1 amide bonds. The topological polar surface area (TPSA) is 63.3 Å². The van der Waals surface area contributed by atoms with Gasteiger partial charge in [0, 0.05) is 25.1 Å². The van der Waals surface area contributed by atoms with Gasteiger partial charge in [-0.05, 0) is 37.8 Å². The highest BCUT2D eigenvalue weighted by Crippen LogP contribution is 2.43. The highest BCUT2D eigenvalue weighted by atomic mass is 19.4. The number of rotatable bonds is 2. The Bertz CT molecular complexity index is 846. The Morgan fingerprint density at radius 3 is 2.75 bits per heavy atom. The molecule has 0 radical (unpaired) electrons. The third-order valence-electron chi connectivity index (χ3n) is 5.69. The monoisotopic (exact) mass is 396 g/mol. The maximum atomic E-state index is 13.7. The molecule has 2 aromatic rings. The van der Waals surface area contributed by atoms with Crippen LogP contribution in [0.5, 0.6) is 0 Å². The van der Waals surface area contributed by atoms with Crippen molar-refractivity contribution in [1.82, 2.24) is 14.7 Å². The van der Waals surface area contributed by atoms with Crippen LogP contribution in [-0.4, -0.2) is 39.4 Å². The van der Waals surface area contributed by atoms with Crippen molar-refractivity contribution < 1.29 is 22.4 Å². The van der Waals surface area contributed by atoms with E-state index < -0.39 is 18.3 Å². The van der Waals surface area contributed by atoms with Crippen LogP contribution in [0.1, 0.15) is 61.4 Å². The first-order valence-electron chi connectivity index (χ1n) is 9.51. The summed E-state index contributed by atoms with van der Waals surface area (Å²) in [5, 5.41) is 7.09. The number of amides is 1. The number of alkyl halides is 3. The lowest BCUT2D eigenvalue weighted by molar-refractivity contribution is -0.174. The quantitative estimate of drug-likeness (QED) is 0.818. The third kappa shape index (κ3) is 3.38. The fourth-order valence-corrected chi connectivity index (χ4v) is 4.21. The molecule has 0 saturated carbocycles. The van der Waals surface area contributed by atoms with Crippen LogP contribution in [0.3, 0.4) is 0 Å². The van der Waals surface area contributed by atoms with Gasteiger partial charge in [0.1, 0.15) is 11.6 Å². The van der Waals surface area contributed by atoms with Crippen LogP contribution in [0.25, 0.3) is 0 Å². The molecule has 2 aliphatic heterocycles. The molecule has 6 nitrogen and oxygen atoms in total. The number of halogens is 3. The van der Waals surface area contributed by atoms with Gasteiger partial charge in [-0.1, -0.05) is 6.92 Å². The number of likely N-dealkylation sites (tertiary alicyclic amines) is 1. The minimum absolute atomic E-state index is 0.0391. The number of carbonyl (C=O) groups excluding carboxylic acids is 1. The third-order valence-corrected chi connectivity index (χ3v) is 5.69. The van der Waals surface area contributed by atoms with Crippen molar-refractivity contribution in [3.8, 4) is 0 Å². The predicted molar refractivity (Wildman–Crippen MR) is 95.9 cm³/mol. The maximum Gasteiger partial charge on any atom is 0.410 e. The van der Waals surface area contributed by atoms with Crippen LogP contribution < -0.4 is 5.32 Å². The fourth-order valence-electron chi connectivity index (χ4n) is 4.21. The highest BCUT2D eigenvalue weighted by Gasteiger charge is 2.47. The van der Waals surface area contributed by atoms with E-state index in [-0.39, 0.29) is 29.9 Å². The average molecular weight is 396 g/mol. The van der Waals surface area contributed by atoms with Crippen molar-refractivity contribution in [2.45, 2.75) is 57.4 Å². The van der Waals surface area contributed by atoms with Gasteiger partial charge >= 0.3 is 6.18 Å². The summed E-state index contributed by atoms with van der Waals surface area (Å²) in [7, 11) is 0. The van der Waals surface area contributed by atoms with Crippen LogP contribution in [0.2, 0.25) is 0 Å². The summed E-state index contributed by atoms with van der Waals surface area (Å²) >= 11 is 0. The molecule has 1 fully saturated rings.